The van der Waals surface area contributed by atoms with Crippen LogP contribution in [-0.4, -0.2) is 24.7 Å². The molecule has 0 saturated carbocycles. The van der Waals surface area contributed by atoms with Gasteiger partial charge in [-0.1, -0.05) is 11.3 Å². The largest absolute Gasteiger partial charge is 0.495 e. The summed E-state index contributed by atoms with van der Waals surface area (Å²) in [6, 6.07) is 7.34. The Morgan fingerprint density at radius 3 is 2.46 bits per heavy atom. The Balaban J connectivity index is 2.24. The SMILES string of the molecule is CCn1c(=NC(=O)c2ccc(Br)s2)sc2c(OC)ccc(OC)c21. The summed E-state index contributed by atoms with van der Waals surface area (Å²) in [5.74, 6) is 1.22. The molecule has 0 saturated heterocycles. The number of thiophene rings is 1. The van der Waals surface area contributed by atoms with Crippen LogP contribution in [0.4, 0.5) is 0 Å². The van der Waals surface area contributed by atoms with E-state index in [0.29, 0.717) is 16.2 Å². The second-order valence-corrected chi connectivity index (χ2v) is 8.24. The molecular weight excluding hydrogens is 412 g/mol. The fraction of sp³-hybridized carbons (Fsp3) is 0.250. The van der Waals surface area contributed by atoms with Crippen LogP contribution in [0.1, 0.15) is 16.6 Å². The van der Waals surface area contributed by atoms with Gasteiger partial charge in [0.2, 0.25) is 0 Å². The van der Waals surface area contributed by atoms with Gasteiger partial charge in [-0.25, -0.2) is 0 Å². The lowest BCUT2D eigenvalue weighted by Crippen LogP contribution is -2.15. The average Bonchev–Trinajstić information content (AvgIpc) is 3.17. The molecule has 0 spiro atoms. The number of hydrogen-bond acceptors (Lipinski definition) is 5. The molecule has 0 N–H and O–H groups in total. The summed E-state index contributed by atoms with van der Waals surface area (Å²) in [6.45, 7) is 2.68. The van der Waals surface area contributed by atoms with Crippen molar-refractivity contribution in [2.45, 2.75) is 13.5 Å². The fourth-order valence-electron chi connectivity index (χ4n) is 2.40. The Bertz CT molecular complexity index is 972. The van der Waals surface area contributed by atoms with Crippen LogP contribution in [0, 0.1) is 0 Å². The zero-order valence-corrected chi connectivity index (χ0v) is 16.5. The van der Waals surface area contributed by atoms with E-state index in [-0.39, 0.29) is 5.91 Å². The van der Waals surface area contributed by atoms with Crippen molar-refractivity contribution < 1.29 is 14.3 Å². The molecule has 0 radical (unpaired) electrons. The molecule has 24 heavy (non-hydrogen) atoms. The first-order valence-electron chi connectivity index (χ1n) is 7.17. The van der Waals surface area contributed by atoms with Crippen molar-refractivity contribution in [3.05, 3.63) is 37.7 Å². The zero-order chi connectivity index (χ0) is 17.3. The molecule has 2 aromatic heterocycles. The number of fused-ring (bicyclic) bond motifs is 1. The Hall–Kier alpha value is -1.64. The Morgan fingerprint density at radius 2 is 1.88 bits per heavy atom. The van der Waals surface area contributed by atoms with Gasteiger partial charge in [0.25, 0.3) is 5.91 Å². The predicted octanol–water partition coefficient (Wildman–Crippen LogP) is 4.31. The van der Waals surface area contributed by atoms with Gasteiger partial charge in [0.15, 0.2) is 4.80 Å². The number of aryl methyl sites for hydroxylation is 1. The molecular formula is C16H15BrN2O3S2. The second-order valence-electron chi connectivity index (χ2n) is 4.80. The number of carbonyl (C=O) groups is 1. The maximum Gasteiger partial charge on any atom is 0.289 e. The van der Waals surface area contributed by atoms with Gasteiger partial charge in [-0.15, -0.1) is 11.3 Å². The Morgan fingerprint density at radius 1 is 1.17 bits per heavy atom. The van der Waals surface area contributed by atoms with Crippen molar-refractivity contribution in [2.24, 2.45) is 4.99 Å². The van der Waals surface area contributed by atoms with Gasteiger partial charge in [-0.05, 0) is 47.1 Å². The number of thiazole rings is 1. The molecule has 3 aromatic rings. The lowest BCUT2D eigenvalue weighted by molar-refractivity contribution is 0.100. The van der Waals surface area contributed by atoms with Crippen molar-refractivity contribution in [3.63, 3.8) is 0 Å². The molecule has 0 atom stereocenters. The molecule has 3 rings (SSSR count). The van der Waals surface area contributed by atoms with Crippen molar-refractivity contribution in [3.8, 4) is 11.5 Å². The van der Waals surface area contributed by atoms with E-state index >= 15 is 0 Å². The van der Waals surface area contributed by atoms with Gasteiger partial charge in [-0.2, -0.15) is 4.99 Å². The number of hydrogen-bond donors (Lipinski definition) is 0. The van der Waals surface area contributed by atoms with Crippen LogP contribution in [0.25, 0.3) is 10.2 Å². The maximum absolute atomic E-state index is 12.4. The normalized spacial score (nSPS) is 11.9. The smallest absolute Gasteiger partial charge is 0.289 e. The molecule has 5 nitrogen and oxygen atoms in total. The minimum absolute atomic E-state index is 0.252. The first-order valence-corrected chi connectivity index (χ1v) is 9.60. The Kier molecular flexibility index (Phi) is 5.07. The third kappa shape index (κ3) is 3.01. The minimum atomic E-state index is -0.252. The number of amides is 1. The number of halogens is 1. The van der Waals surface area contributed by atoms with E-state index < -0.39 is 0 Å². The fourth-order valence-corrected chi connectivity index (χ4v) is 4.88. The van der Waals surface area contributed by atoms with E-state index in [1.807, 2.05) is 29.7 Å². The van der Waals surface area contributed by atoms with E-state index in [0.717, 1.165) is 25.5 Å². The highest BCUT2D eigenvalue weighted by atomic mass is 79.9. The summed E-state index contributed by atoms with van der Waals surface area (Å²) in [6.07, 6.45) is 0. The van der Waals surface area contributed by atoms with Crippen LogP contribution in [0.15, 0.2) is 33.0 Å². The highest BCUT2D eigenvalue weighted by Gasteiger charge is 2.16. The summed E-state index contributed by atoms with van der Waals surface area (Å²) in [4.78, 5) is 18.0. The number of ether oxygens (including phenoxy) is 2. The van der Waals surface area contributed by atoms with Gasteiger partial charge in [0, 0.05) is 6.54 Å². The molecule has 1 aromatic carbocycles. The number of nitrogens with zero attached hydrogens (tertiary/aromatic N) is 2. The van der Waals surface area contributed by atoms with E-state index in [1.165, 1.54) is 22.7 Å². The van der Waals surface area contributed by atoms with Crippen LogP contribution in [0.3, 0.4) is 0 Å². The summed E-state index contributed by atoms with van der Waals surface area (Å²) in [5, 5.41) is 0. The minimum Gasteiger partial charge on any atom is -0.495 e. The summed E-state index contributed by atoms with van der Waals surface area (Å²) in [5.41, 5.74) is 0.892. The van der Waals surface area contributed by atoms with Crippen molar-refractivity contribution in [1.29, 1.82) is 0 Å². The number of benzene rings is 1. The van der Waals surface area contributed by atoms with Crippen molar-refractivity contribution in [1.82, 2.24) is 4.57 Å². The van der Waals surface area contributed by atoms with Gasteiger partial charge in [-0.3, -0.25) is 4.79 Å². The van der Waals surface area contributed by atoms with Crippen LogP contribution in [0.2, 0.25) is 0 Å². The van der Waals surface area contributed by atoms with Crippen LogP contribution < -0.4 is 14.3 Å². The average molecular weight is 427 g/mol. The number of rotatable bonds is 4. The monoisotopic (exact) mass is 426 g/mol. The van der Waals surface area contributed by atoms with Gasteiger partial charge in [0.1, 0.15) is 21.7 Å². The summed E-state index contributed by atoms with van der Waals surface area (Å²) in [7, 11) is 3.26. The molecule has 0 aliphatic rings. The molecule has 126 valence electrons. The summed E-state index contributed by atoms with van der Waals surface area (Å²) >= 11 is 6.16. The second kappa shape index (κ2) is 7.08. The van der Waals surface area contributed by atoms with Gasteiger partial charge in [0.05, 0.1) is 22.9 Å². The highest BCUT2D eigenvalue weighted by molar-refractivity contribution is 9.11. The number of aromatic nitrogens is 1. The summed E-state index contributed by atoms with van der Waals surface area (Å²) < 4.78 is 14.7. The van der Waals surface area contributed by atoms with Crippen LogP contribution >= 0.6 is 38.6 Å². The third-order valence-electron chi connectivity index (χ3n) is 3.49. The zero-order valence-electron chi connectivity index (χ0n) is 13.3. The molecule has 1 amide bonds. The highest BCUT2D eigenvalue weighted by Crippen LogP contribution is 2.35. The van der Waals surface area contributed by atoms with Crippen molar-refractivity contribution in [2.75, 3.05) is 14.2 Å². The third-order valence-corrected chi connectivity index (χ3v) is 6.19. The van der Waals surface area contributed by atoms with E-state index in [2.05, 4.69) is 20.9 Å². The van der Waals surface area contributed by atoms with E-state index in [1.54, 1.807) is 20.3 Å². The van der Waals surface area contributed by atoms with E-state index in [4.69, 9.17) is 9.47 Å². The molecule has 0 aliphatic heterocycles. The van der Waals surface area contributed by atoms with E-state index in [9.17, 15) is 4.79 Å². The quantitative estimate of drug-likeness (QED) is 0.624. The Labute approximate surface area is 155 Å². The number of methoxy groups -OCH3 is 2. The van der Waals surface area contributed by atoms with Crippen LogP contribution in [0.5, 0.6) is 11.5 Å². The lowest BCUT2D eigenvalue weighted by atomic mass is 10.3. The van der Waals surface area contributed by atoms with Gasteiger partial charge < -0.3 is 14.0 Å². The molecule has 0 aliphatic carbocycles. The first-order chi connectivity index (χ1) is 11.6. The first kappa shape index (κ1) is 17.2. The molecule has 0 unspecified atom stereocenters. The maximum atomic E-state index is 12.4. The molecule has 2 heterocycles. The van der Waals surface area contributed by atoms with Gasteiger partial charge >= 0.3 is 0 Å². The standard InChI is InChI=1S/C16H15BrN2O3S2/c1-4-19-13-9(21-2)5-6-10(22-3)14(13)24-16(19)18-15(20)11-7-8-12(17)23-11/h5-8H,4H2,1-3H3. The predicted molar refractivity (Wildman–Crippen MR) is 101 cm³/mol. The lowest BCUT2D eigenvalue weighted by Gasteiger charge is -2.08. The molecule has 0 fully saturated rings. The van der Waals surface area contributed by atoms with Crippen LogP contribution in [-0.2, 0) is 6.54 Å². The number of carbonyl (C=O) groups excluding carboxylic acids is 1. The molecule has 8 heteroatoms. The molecule has 0 bridgehead atoms. The topological polar surface area (TPSA) is 52.8 Å². The van der Waals surface area contributed by atoms with Crippen molar-refractivity contribution >= 4 is 54.7 Å².